The van der Waals surface area contributed by atoms with Crippen molar-refractivity contribution in [3.63, 3.8) is 0 Å². The van der Waals surface area contributed by atoms with Gasteiger partial charge in [0.05, 0.1) is 0 Å². The molecule has 1 aromatic carbocycles. The van der Waals surface area contributed by atoms with Crippen LogP contribution < -0.4 is 10.2 Å². The van der Waals surface area contributed by atoms with E-state index in [4.69, 9.17) is 4.98 Å². The average molecular weight is 283 g/mol. The number of anilines is 1. The van der Waals surface area contributed by atoms with Crippen molar-refractivity contribution in [3.05, 3.63) is 59.3 Å². The molecule has 2 aromatic rings. The van der Waals surface area contributed by atoms with Crippen molar-refractivity contribution in [2.75, 3.05) is 19.0 Å². The number of rotatable bonds is 6. The molecule has 0 spiro atoms. The fourth-order valence-electron chi connectivity index (χ4n) is 2.33. The van der Waals surface area contributed by atoms with E-state index in [9.17, 15) is 0 Å². The first-order valence-electron chi connectivity index (χ1n) is 7.50. The lowest BCUT2D eigenvalue weighted by Crippen LogP contribution is -2.19. The first-order valence-corrected chi connectivity index (χ1v) is 7.50. The van der Waals surface area contributed by atoms with Crippen molar-refractivity contribution in [1.29, 1.82) is 0 Å². The van der Waals surface area contributed by atoms with Crippen molar-refractivity contribution in [1.82, 2.24) is 10.3 Å². The van der Waals surface area contributed by atoms with Crippen LogP contribution in [0, 0.1) is 0 Å². The fourth-order valence-corrected chi connectivity index (χ4v) is 2.33. The first kappa shape index (κ1) is 15.5. The van der Waals surface area contributed by atoms with Crippen molar-refractivity contribution >= 4 is 5.82 Å². The maximum absolute atomic E-state index is 4.81. The van der Waals surface area contributed by atoms with Crippen LogP contribution in [0.3, 0.4) is 0 Å². The summed E-state index contributed by atoms with van der Waals surface area (Å²) in [6.07, 6.45) is 0. The highest BCUT2D eigenvalue weighted by atomic mass is 15.2. The summed E-state index contributed by atoms with van der Waals surface area (Å²) >= 11 is 0. The maximum atomic E-state index is 4.81. The van der Waals surface area contributed by atoms with Crippen molar-refractivity contribution in [3.8, 4) is 0 Å². The Hall–Kier alpha value is -1.87. The molecule has 21 heavy (non-hydrogen) atoms. The van der Waals surface area contributed by atoms with Crippen LogP contribution in [-0.4, -0.2) is 19.1 Å². The number of pyridine rings is 1. The van der Waals surface area contributed by atoms with E-state index in [0.29, 0.717) is 5.92 Å². The smallest absolute Gasteiger partial charge is 0.129 e. The average Bonchev–Trinajstić information content (AvgIpc) is 2.48. The van der Waals surface area contributed by atoms with E-state index in [-0.39, 0.29) is 0 Å². The molecule has 1 heterocycles. The van der Waals surface area contributed by atoms with Gasteiger partial charge in [-0.05, 0) is 36.2 Å². The van der Waals surface area contributed by atoms with Gasteiger partial charge < -0.3 is 10.2 Å². The summed E-state index contributed by atoms with van der Waals surface area (Å²) in [5.74, 6) is 1.47. The largest absolute Gasteiger partial charge is 0.355 e. The summed E-state index contributed by atoms with van der Waals surface area (Å²) in [7, 11) is 4.07. The molecule has 0 aliphatic rings. The molecule has 0 fully saturated rings. The number of benzene rings is 1. The molecule has 0 radical (unpaired) electrons. The number of hydrogen-bond donors (Lipinski definition) is 1. The Balaban J connectivity index is 2.24. The van der Waals surface area contributed by atoms with E-state index in [0.717, 1.165) is 24.6 Å². The lowest BCUT2D eigenvalue weighted by molar-refractivity contribution is 0.777. The molecule has 1 N–H and O–H groups in total. The molecule has 0 unspecified atom stereocenters. The number of aromatic nitrogens is 1. The van der Waals surface area contributed by atoms with E-state index in [1.807, 2.05) is 13.1 Å². The summed E-state index contributed by atoms with van der Waals surface area (Å²) in [6, 6.07) is 14.9. The molecule has 0 aliphatic carbocycles. The van der Waals surface area contributed by atoms with Gasteiger partial charge in [0.2, 0.25) is 0 Å². The highest BCUT2D eigenvalue weighted by Gasteiger charge is 2.09. The van der Waals surface area contributed by atoms with Crippen LogP contribution in [0.25, 0.3) is 0 Å². The van der Waals surface area contributed by atoms with E-state index < -0.39 is 0 Å². The summed E-state index contributed by atoms with van der Waals surface area (Å²) in [5, 5.41) is 3.22. The minimum absolute atomic E-state index is 0.436. The summed E-state index contributed by atoms with van der Waals surface area (Å²) in [4.78, 5) is 7.02. The maximum Gasteiger partial charge on any atom is 0.129 e. The van der Waals surface area contributed by atoms with E-state index >= 15 is 0 Å². The number of hydrogen-bond acceptors (Lipinski definition) is 3. The minimum Gasteiger partial charge on any atom is -0.355 e. The molecule has 1 aromatic heterocycles. The van der Waals surface area contributed by atoms with Crippen molar-refractivity contribution in [2.24, 2.45) is 0 Å². The zero-order valence-corrected chi connectivity index (χ0v) is 13.4. The van der Waals surface area contributed by atoms with E-state index in [2.05, 4.69) is 67.5 Å². The monoisotopic (exact) mass is 283 g/mol. The van der Waals surface area contributed by atoms with E-state index in [1.165, 1.54) is 11.1 Å². The molecular weight excluding hydrogens is 258 g/mol. The van der Waals surface area contributed by atoms with Crippen LogP contribution in [0.1, 0.15) is 36.6 Å². The van der Waals surface area contributed by atoms with Crippen molar-refractivity contribution in [2.45, 2.75) is 32.9 Å². The molecular formula is C18H25N3. The van der Waals surface area contributed by atoms with Crippen LogP contribution in [0.4, 0.5) is 5.82 Å². The molecule has 0 aliphatic heterocycles. The second-order valence-corrected chi connectivity index (χ2v) is 5.79. The molecule has 0 saturated heterocycles. The quantitative estimate of drug-likeness (QED) is 0.878. The van der Waals surface area contributed by atoms with Gasteiger partial charge in [-0.2, -0.15) is 0 Å². The van der Waals surface area contributed by atoms with Gasteiger partial charge in [-0.1, -0.05) is 44.2 Å². The van der Waals surface area contributed by atoms with Gasteiger partial charge in [0.1, 0.15) is 5.82 Å². The van der Waals surface area contributed by atoms with Gasteiger partial charge in [0, 0.05) is 25.8 Å². The molecule has 112 valence electrons. The predicted molar refractivity (Wildman–Crippen MR) is 89.6 cm³/mol. The lowest BCUT2D eigenvalue weighted by atomic mass is 10.1. The third-order valence-electron chi connectivity index (χ3n) is 3.52. The first-order chi connectivity index (χ1) is 10.1. The third kappa shape index (κ3) is 4.30. The Morgan fingerprint density at radius 1 is 1.10 bits per heavy atom. The van der Waals surface area contributed by atoms with Gasteiger partial charge >= 0.3 is 0 Å². The lowest BCUT2D eigenvalue weighted by Gasteiger charge is -2.21. The Labute approximate surface area is 128 Å². The van der Waals surface area contributed by atoms with Gasteiger partial charge in [-0.25, -0.2) is 4.98 Å². The van der Waals surface area contributed by atoms with E-state index in [1.54, 1.807) is 0 Å². The molecule has 2 rings (SSSR count). The Kier molecular flexibility index (Phi) is 5.34. The summed E-state index contributed by atoms with van der Waals surface area (Å²) in [6.45, 7) is 6.11. The molecule has 0 amide bonds. The topological polar surface area (TPSA) is 28.2 Å². The molecule has 3 heteroatoms. The predicted octanol–water partition coefficient (Wildman–Crippen LogP) is 3.56. The second-order valence-electron chi connectivity index (χ2n) is 5.79. The highest BCUT2D eigenvalue weighted by Crippen LogP contribution is 2.21. The zero-order valence-electron chi connectivity index (χ0n) is 13.4. The highest BCUT2D eigenvalue weighted by molar-refractivity contribution is 5.43. The zero-order chi connectivity index (χ0) is 15.2. The minimum atomic E-state index is 0.436. The Morgan fingerprint density at radius 3 is 2.43 bits per heavy atom. The Bertz CT molecular complexity index is 564. The Morgan fingerprint density at radius 2 is 1.81 bits per heavy atom. The fraction of sp³-hybridized carbons (Fsp3) is 0.389. The van der Waals surface area contributed by atoms with Crippen LogP contribution in [-0.2, 0) is 13.1 Å². The van der Waals surface area contributed by atoms with Crippen LogP contribution in [0.15, 0.2) is 42.5 Å². The van der Waals surface area contributed by atoms with Gasteiger partial charge in [-0.15, -0.1) is 0 Å². The molecule has 0 atom stereocenters. The summed E-state index contributed by atoms with van der Waals surface area (Å²) in [5.41, 5.74) is 3.73. The molecule has 0 saturated carbocycles. The second kappa shape index (κ2) is 7.23. The standard InChI is InChI=1S/C18H25N3/c1-14(2)17-10-16(12-19-3)11-18(20-17)21(4)13-15-8-6-5-7-9-15/h5-11,14,19H,12-13H2,1-4H3. The van der Waals surface area contributed by atoms with Crippen LogP contribution >= 0.6 is 0 Å². The van der Waals surface area contributed by atoms with Crippen LogP contribution in [0.5, 0.6) is 0 Å². The summed E-state index contributed by atoms with van der Waals surface area (Å²) < 4.78 is 0. The SMILES string of the molecule is CNCc1cc(C(C)C)nc(N(C)Cc2ccccc2)c1. The van der Waals surface area contributed by atoms with Gasteiger partial charge in [0.25, 0.3) is 0 Å². The number of nitrogens with zero attached hydrogens (tertiary/aromatic N) is 2. The van der Waals surface area contributed by atoms with Gasteiger partial charge in [0.15, 0.2) is 0 Å². The van der Waals surface area contributed by atoms with Crippen LogP contribution in [0.2, 0.25) is 0 Å². The number of nitrogens with one attached hydrogen (secondary N) is 1. The molecule has 3 nitrogen and oxygen atoms in total. The molecule has 0 bridgehead atoms. The van der Waals surface area contributed by atoms with Gasteiger partial charge in [-0.3, -0.25) is 0 Å². The van der Waals surface area contributed by atoms with Crippen molar-refractivity contribution < 1.29 is 0 Å². The third-order valence-corrected chi connectivity index (χ3v) is 3.52. The normalized spacial score (nSPS) is 10.9.